The first-order chi connectivity index (χ1) is 10.4. The first kappa shape index (κ1) is 18.3. The Morgan fingerprint density at radius 2 is 1.43 bits per heavy atom. The van der Waals surface area contributed by atoms with Crippen molar-refractivity contribution in [2.45, 2.75) is 23.7 Å². The maximum atomic E-state index is 6.41. The Bertz CT molecular complexity index is 683. The van der Waals surface area contributed by atoms with Gasteiger partial charge in [-0.05, 0) is 46.3 Å². The molecule has 6 radical (unpaired) electrons. The molecule has 0 amide bonds. The lowest BCUT2D eigenvalue weighted by Gasteiger charge is -2.45. The summed E-state index contributed by atoms with van der Waals surface area (Å²) >= 11 is 0. The zero-order chi connectivity index (χ0) is 17.5. The molecule has 1 nitrogen and oxygen atoms in total. The van der Waals surface area contributed by atoms with Crippen molar-refractivity contribution in [2.75, 3.05) is 18.8 Å². The number of nitrogens with zero attached hydrogens (tertiary/aromatic N) is 1. The zero-order valence-corrected chi connectivity index (χ0v) is 15.4. The summed E-state index contributed by atoms with van der Waals surface area (Å²) < 4.78 is -0.843. The highest BCUT2D eigenvalue weighted by molar-refractivity contribution is 8.34. The summed E-state index contributed by atoms with van der Waals surface area (Å²) in [5.74, 6) is 0. The fourth-order valence-electron chi connectivity index (χ4n) is 2.26. The monoisotopic (exact) mass is 317 g/mol. The third-order valence-electron chi connectivity index (χ3n) is 4.15. The van der Waals surface area contributed by atoms with Crippen LogP contribution in [-0.4, -0.2) is 47.3 Å². The van der Waals surface area contributed by atoms with E-state index in [0.29, 0.717) is 0 Å². The van der Waals surface area contributed by atoms with Gasteiger partial charge in [-0.1, -0.05) is 43.7 Å². The van der Waals surface area contributed by atoms with Gasteiger partial charge < -0.3 is 0 Å². The van der Waals surface area contributed by atoms with Gasteiger partial charge in [0, 0.05) is 11.8 Å². The molecule has 0 aliphatic rings. The van der Waals surface area contributed by atoms with Gasteiger partial charge in [0.05, 0.1) is 29.2 Å². The van der Waals surface area contributed by atoms with Crippen LogP contribution in [0.2, 0.25) is 0 Å². The molecular weight excluding hydrogens is 295 g/mol. The van der Waals surface area contributed by atoms with E-state index in [2.05, 4.69) is 23.8 Å². The smallest absolute Gasteiger partial charge is 0.0804 e. The highest BCUT2D eigenvalue weighted by Crippen LogP contribution is 2.52. The Balaban J connectivity index is 2.41. The summed E-state index contributed by atoms with van der Waals surface area (Å²) in [4.78, 5) is 4.46. The lowest BCUT2D eigenvalue weighted by Crippen LogP contribution is -2.32. The third-order valence-corrected chi connectivity index (χ3v) is 6.41. The minimum Gasteiger partial charge on any atom is -0.256 e. The Morgan fingerprint density at radius 3 is 1.91 bits per heavy atom. The van der Waals surface area contributed by atoms with E-state index in [0.717, 1.165) is 22.4 Å². The predicted octanol–water partition coefficient (Wildman–Crippen LogP) is 3.29. The molecule has 5 heteroatoms. The van der Waals surface area contributed by atoms with E-state index in [1.54, 1.807) is 6.20 Å². The molecule has 1 heterocycles. The second kappa shape index (κ2) is 6.09. The van der Waals surface area contributed by atoms with E-state index in [-0.39, 0.29) is 5.31 Å². The van der Waals surface area contributed by atoms with E-state index >= 15 is 0 Å². The molecule has 0 atom stereocenters. The van der Waals surface area contributed by atoms with Crippen LogP contribution >= 0.6 is 10.0 Å². The summed E-state index contributed by atoms with van der Waals surface area (Å²) in [5.41, 5.74) is 3.89. The molecule has 0 aliphatic carbocycles. The average Bonchev–Trinajstić information content (AvgIpc) is 2.45. The molecule has 0 fully saturated rings. The normalized spacial score (nSPS) is 13.8. The first-order valence-corrected chi connectivity index (χ1v) is 10.4. The van der Waals surface area contributed by atoms with E-state index < -0.39 is 14.6 Å². The summed E-state index contributed by atoms with van der Waals surface area (Å²) in [6.45, 7) is 3.98. The zero-order valence-electron chi connectivity index (χ0n) is 14.6. The number of hydrogen-bond donors (Lipinski definition) is 0. The van der Waals surface area contributed by atoms with Crippen LogP contribution in [-0.2, 0) is 9.86 Å². The number of aromatic nitrogens is 1. The van der Waals surface area contributed by atoms with Crippen LogP contribution in [0.3, 0.4) is 0 Å². The number of hydrogen-bond acceptors (Lipinski definition) is 1. The first-order valence-electron chi connectivity index (χ1n) is 7.55. The van der Waals surface area contributed by atoms with Crippen molar-refractivity contribution >= 4 is 33.6 Å². The summed E-state index contributed by atoms with van der Waals surface area (Å²) in [7, 11) is 17.8. The minimum absolute atomic E-state index is 0.354. The molecule has 23 heavy (non-hydrogen) atoms. The van der Waals surface area contributed by atoms with Crippen molar-refractivity contribution in [2.24, 2.45) is 0 Å². The second-order valence-electron chi connectivity index (χ2n) is 7.36. The van der Waals surface area contributed by atoms with Crippen molar-refractivity contribution in [1.82, 2.24) is 4.98 Å². The van der Waals surface area contributed by atoms with Crippen molar-refractivity contribution in [3.05, 3.63) is 53.7 Å². The fraction of sp³-hybridized carbons (Fsp3) is 0.389. The molecule has 0 saturated carbocycles. The van der Waals surface area contributed by atoms with E-state index in [1.165, 1.54) is 0 Å². The predicted molar refractivity (Wildman–Crippen MR) is 107 cm³/mol. The Hall–Kier alpha value is -1.09. The van der Waals surface area contributed by atoms with E-state index in [9.17, 15) is 0 Å². The van der Waals surface area contributed by atoms with Gasteiger partial charge in [0.25, 0.3) is 0 Å². The van der Waals surface area contributed by atoms with Gasteiger partial charge in [0.1, 0.15) is 0 Å². The van der Waals surface area contributed by atoms with Crippen LogP contribution in [0.25, 0.3) is 11.3 Å². The largest absolute Gasteiger partial charge is 0.256 e. The van der Waals surface area contributed by atoms with Gasteiger partial charge >= 0.3 is 0 Å². The summed E-state index contributed by atoms with van der Waals surface area (Å²) in [6.07, 6.45) is 8.12. The standard InChI is InChI=1S/C18H22B3NS/c1-17(2,19)14-8-6-13(7-9-14)16-12-15(10-11-22-16)18(20,21)23(3,4)5/h6-12H,1-5H3. The molecular formula is C18H22B3NS. The van der Waals surface area contributed by atoms with Gasteiger partial charge in [0.15, 0.2) is 0 Å². The van der Waals surface area contributed by atoms with Gasteiger partial charge in [-0.15, -0.1) is 0 Å². The van der Waals surface area contributed by atoms with E-state index in [1.807, 2.05) is 50.2 Å². The molecule has 1 aromatic carbocycles. The Labute approximate surface area is 146 Å². The van der Waals surface area contributed by atoms with Crippen LogP contribution in [0.5, 0.6) is 0 Å². The molecule has 2 rings (SSSR count). The Morgan fingerprint density at radius 1 is 0.870 bits per heavy atom. The summed E-state index contributed by atoms with van der Waals surface area (Å²) in [6, 6.07) is 12.0. The van der Waals surface area contributed by atoms with Crippen molar-refractivity contribution in [3.8, 4) is 11.3 Å². The molecule has 0 bridgehead atoms. The Kier molecular flexibility index (Phi) is 4.83. The van der Waals surface area contributed by atoms with Crippen LogP contribution in [0.1, 0.15) is 25.0 Å². The molecule has 0 unspecified atom stereocenters. The number of benzene rings is 1. The van der Waals surface area contributed by atoms with Crippen LogP contribution in [0.4, 0.5) is 0 Å². The molecule has 0 spiro atoms. The topological polar surface area (TPSA) is 12.9 Å². The molecule has 0 N–H and O–H groups in total. The quantitative estimate of drug-likeness (QED) is 0.789. The van der Waals surface area contributed by atoms with Gasteiger partial charge in [-0.2, -0.15) is 0 Å². The highest BCUT2D eigenvalue weighted by Gasteiger charge is 2.29. The SMILES string of the molecule is [B]C(C)(C)c1ccc(-c2cc(C([B])([B])S(C)(C)C)ccn2)cc1. The summed E-state index contributed by atoms with van der Waals surface area (Å²) in [5, 5.41) is -0.354. The van der Waals surface area contributed by atoms with E-state index in [4.69, 9.17) is 23.5 Å². The fourth-order valence-corrected chi connectivity index (χ4v) is 3.09. The maximum Gasteiger partial charge on any atom is 0.0804 e. The van der Waals surface area contributed by atoms with Crippen LogP contribution in [0, 0.1) is 0 Å². The molecule has 0 aliphatic heterocycles. The van der Waals surface area contributed by atoms with Gasteiger partial charge in [0.2, 0.25) is 0 Å². The van der Waals surface area contributed by atoms with Gasteiger partial charge in [-0.3, -0.25) is 15.0 Å². The number of pyridine rings is 1. The van der Waals surface area contributed by atoms with Crippen LogP contribution in [0.15, 0.2) is 42.6 Å². The van der Waals surface area contributed by atoms with Crippen molar-refractivity contribution in [3.63, 3.8) is 0 Å². The lowest BCUT2D eigenvalue weighted by atomic mass is 9.65. The second-order valence-corrected chi connectivity index (χ2v) is 11.7. The molecule has 1 aromatic heterocycles. The van der Waals surface area contributed by atoms with Gasteiger partial charge in [-0.25, -0.2) is 0 Å². The molecule has 114 valence electrons. The van der Waals surface area contributed by atoms with Crippen LogP contribution < -0.4 is 0 Å². The molecule has 2 aromatic rings. The molecule has 0 saturated heterocycles. The highest BCUT2D eigenvalue weighted by atomic mass is 32.3. The van der Waals surface area contributed by atoms with Crippen molar-refractivity contribution in [1.29, 1.82) is 0 Å². The maximum absolute atomic E-state index is 6.41. The lowest BCUT2D eigenvalue weighted by molar-refractivity contribution is 0.764. The number of rotatable bonds is 4. The van der Waals surface area contributed by atoms with Crippen molar-refractivity contribution < 1.29 is 0 Å². The minimum atomic E-state index is -1.17. The third kappa shape index (κ3) is 3.88. The average molecular weight is 317 g/mol.